The Labute approximate surface area is 131 Å². The molecule has 0 spiro atoms. The fourth-order valence-corrected chi connectivity index (χ4v) is 2.59. The van der Waals surface area contributed by atoms with Crippen LogP contribution < -0.4 is 22.2 Å². The Morgan fingerprint density at radius 2 is 1.38 bits per heavy atom. The van der Waals surface area contributed by atoms with Crippen LogP contribution >= 0.6 is 0 Å². The van der Waals surface area contributed by atoms with E-state index in [-0.39, 0.29) is 28.1 Å². The van der Waals surface area contributed by atoms with E-state index in [1.807, 2.05) is 0 Å². The van der Waals surface area contributed by atoms with Crippen molar-refractivity contribution in [1.29, 1.82) is 0 Å². The Morgan fingerprint density at radius 3 is 1.75 bits per heavy atom. The average Bonchev–Trinajstić information content (AvgIpc) is 2.91. The zero-order valence-corrected chi connectivity index (χ0v) is 12.1. The zero-order chi connectivity index (χ0) is 17.6. The fraction of sp³-hybridized carbons (Fsp3) is 0.143. The highest BCUT2D eigenvalue weighted by Gasteiger charge is 2.19. The summed E-state index contributed by atoms with van der Waals surface area (Å²) in [5.41, 5.74) is -2.86. The maximum Gasteiger partial charge on any atom is 0.296 e. The Kier molecular flexibility index (Phi) is 3.36. The summed E-state index contributed by atoms with van der Waals surface area (Å²) >= 11 is 0. The van der Waals surface area contributed by atoms with Crippen molar-refractivity contribution in [2.45, 2.75) is 13.3 Å². The number of aromatic nitrogens is 2. The molecule has 0 saturated heterocycles. The Balaban J connectivity index is 2.35. The largest absolute Gasteiger partial charge is 0.296 e. The van der Waals surface area contributed by atoms with Gasteiger partial charge in [0.25, 0.3) is 27.3 Å². The van der Waals surface area contributed by atoms with Gasteiger partial charge in [-0.15, -0.1) is 16.7 Å². The van der Waals surface area contributed by atoms with Gasteiger partial charge in [0.05, 0.1) is 21.5 Å². The van der Waals surface area contributed by atoms with E-state index < -0.39 is 34.1 Å². The summed E-state index contributed by atoms with van der Waals surface area (Å²) in [6.45, 7) is 2.59. The van der Waals surface area contributed by atoms with Gasteiger partial charge in [-0.2, -0.15) is 0 Å². The average molecular weight is 331 g/mol. The zero-order valence-electron chi connectivity index (χ0n) is 12.1. The van der Waals surface area contributed by atoms with E-state index in [1.54, 1.807) is 0 Å². The van der Waals surface area contributed by atoms with Gasteiger partial charge in [0, 0.05) is 6.54 Å². The first-order valence-corrected chi connectivity index (χ1v) is 6.65. The molecule has 10 nitrogen and oxygen atoms in total. The van der Waals surface area contributed by atoms with Crippen LogP contribution in [0.25, 0.3) is 21.5 Å². The van der Waals surface area contributed by atoms with Gasteiger partial charge in [0.1, 0.15) is 0 Å². The minimum absolute atomic E-state index is 0.00112. The molecule has 0 aliphatic rings. The SMILES string of the molecule is C=CCn1c(=O)c2cc3c(=O)n(CO[N+](=O)[O-])c(=O)c3cc2c1=O. The van der Waals surface area contributed by atoms with Crippen LogP contribution in [0.4, 0.5) is 0 Å². The number of fused-ring (bicyclic) bond motifs is 2. The molecule has 0 atom stereocenters. The molecule has 0 amide bonds. The molecule has 3 rings (SSSR count). The molecule has 24 heavy (non-hydrogen) atoms. The molecule has 0 aliphatic carbocycles. The summed E-state index contributed by atoms with van der Waals surface area (Å²) in [6.07, 6.45) is 1.38. The van der Waals surface area contributed by atoms with Crippen LogP contribution in [0.15, 0.2) is 44.0 Å². The lowest BCUT2D eigenvalue weighted by molar-refractivity contribution is -0.767. The smallest absolute Gasteiger partial charge is 0.292 e. The van der Waals surface area contributed by atoms with E-state index in [1.165, 1.54) is 6.08 Å². The van der Waals surface area contributed by atoms with Gasteiger partial charge in [0.2, 0.25) is 0 Å². The predicted octanol–water partition coefficient (Wildman–Crippen LogP) is -0.736. The molecule has 0 bridgehead atoms. The van der Waals surface area contributed by atoms with Crippen molar-refractivity contribution < 1.29 is 9.92 Å². The molecule has 10 heteroatoms. The summed E-state index contributed by atoms with van der Waals surface area (Å²) < 4.78 is 1.47. The van der Waals surface area contributed by atoms with Gasteiger partial charge in [-0.05, 0) is 12.1 Å². The molecule has 0 aliphatic heterocycles. The standard InChI is InChI=1S/C14H9N3O7/c1-2-3-15-11(18)7-4-9-10(5-8(7)12(15)19)14(21)16(13(9)20)6-24-17(22)23/h2,4-5H,1,3,6H2. The second-order valence-electron chi connectivity index (χ2n) is 4.97. The van der Waals surface area contributed by atoms with Crippen molar-refractivity contribution in [1.82, 2.24) is 9.13 Å². The lowest BCUT2D eigenvalue weighted by Crippen LogP contribution is -2.27. The van der Waals surface area contributed by atoms with Gasteiger partial charge in [-0.3, -0.25) is 28.6 Å². The van der Waals surface area contributed by atoms with Gasteiger partial charge < -0.3 is 0 Å². The first kappa shape index (κ1) is 15.3. The molecule has 0 unspecified atom stereocenters. The van der Waals surface area contributed by atoms with E-state index in [9.17, 15) is 29.3 Å². The molecular weight excluding hydrogens is 322 g/mol. The first-order valence-electron chi connectivity index (χ1n) is 6.65. The molecule has 0 radical (unpaired) electrons. The normalized spacial score (nSPS) is 11.2. The van der Waals surface area contributed by atoms with Gasteiger partial charge in [-0.25, -0.2) is 4.57 Å². The van der Waals surface area contributed by atoms with Crippen molar-refractivity contribution >= 4 is 21.5 Å². The van der Waals surface area contributed by atoms with E-state index in [4.69, 9.17) is 0 Å². The van der Waals surface area contributed by atoms with Gasteiger partial charge in [-0.1, -0.05) is 6.08 Å². The number of nitrogens with zero attached hydrogens (tertiary/aromatic N) is 3. The molecule has 2 heterocycles. The highest BCUT2D eigenvalue weighted by Crippen LogP contribution is 2.14. The van der Waals surface area contributed by atoms with Crippen molar-refractivity contribution in [3.63, 3.8) is 0 Å². The van der Waals surface area contributed by atoms with Crippen molar-refractivity contribution in [3.05, 3.63) is 76.3 Å². The van der Waals surface area contributed by atoms with E-state index in [0.29, 0.717) is 4.57 Å². The Hall–Kier alpha value is -3.56. The fourth-order valence-electron chi connectivity index (χ4n) is 2.59. The predicted molar refractivity (Wildman–Crippen MR) is 83.2 cm³/mol. The van der Waals surface area contributed by atoms with Crippen molar-refractivity contribution in [2.75, 3.05) is 0 Å². The van der Waals surface area contributed by atoms with E-state index in [2.05, 4.69) is 11.4 Å². The molecule has 1 aromatic carbocycles. The summed E-state index contributed by atoms with van der Waals surface area (Å²) in [7, 11) is 0. The summed E-state index contributed by atoms with van der Waals surface area (Å²) in [5, 5.41) is 8.87. The van der Waals surface area contributed by atoms with E-state index in [0.717, 1.165) is 16.7 Å². The Bertz CT molecular complexity index is 1130. The molecule has 0 saturated carbocycles. The number of benzene rings is 1. The molecule has 122 valence electrons. The van der Waals surface area contributed by atoms with Crippen LogP contribution in [0.3, 0.4) is 0 Å². The summed E-state index contributed by atoms with van der Waals surface area (Å²) in [5.74, 6) is 0. The number of rotatable bonds is 5. The quantitative estimate of drug-likeness (QED) is 0.342. The van der Waals surface area contributed by atoms with Crippen LogP contribution in [0.2, 0.25) is 0 Å². The first-order chi connectivity index (χ1) is 11.4. The van der Waals surface area contributed by atoms with Gasteiger partial charge >= 0.3 is 0 Å². The van der Waals surface area contributed by atoms with Gasteiger partial charge in [0.15, 0.2) is 6.73 Å². The summed E-state index contributed by atoms with van der Waals surface area (Å²) in [6, 6.07) is 2.31. The maximum atomic E-state index is 12.2. The minimum atomic E-state index is -1.14. The highest BCUT2D eigenvalue weighted by molar-refractivity contribution is 5.97. The monoisotopic (exact) mass is 331 g/mol. The molecular formula is C14H9N3O7. The van der Waals surface area contributed by atoms with Crippen LogP contribution in [-0.2, 0) is 18.1 Å². The molecule has 3 aromatic rings. The third-order valence-electron chi connectivity index (χ3n) is 3.66. The van der Waals surface area contributed by atoms with E-state index >= 15 is 0 Å². The number of hydrogen-bond acceptors (Lipinski definition) is 7. The lowest BCUT2D eigenvalue weighted by atomic mass is 10.1. The summed E-state index contributed by atoms with van der Waals surface area (Å²) in [4.78, 5) is 63.1. The van der Waals surface area contributed by atoms with Crippen LogP contribution in [-0.4, -0.2) is 14.2 Å². The Morgan fingerprint density at radius 1 is 0.958 bits per heavy atom. The van der Waals surface area contributed by atoms with Crippen LogP contribution in [0.5, 0.6) is 0 Å². The van der Waals surface area contributed by atoms with Crippen LogP contribution in [0.1, 0.15) is 0 Å². The lowest BCUT2D eigenvalue weighted by Gasteiger charge is -1.96. The third-order valence-corrected chi connectivity index (χ3v) is 3.66. The molecule has 0 N–H and O–H groups in total. The highest BCUT2D eigenvalue weighted by atomic mass is 17.0. The second-order valence-corrected chi connectivity index (χ2v) is 4.97. The minimum Gasteiger partial charge on any atom is -0.292 e. The maximum absolute atomic E-state index is 12.2. The topological polar surface area (TPSA) is 131 Å². The second kappa shape index (κ2) is 5.26. The van der Waals surface area contributed by atoms with Crippen LogP contribution in [0, 0.1) is 10.1 Å². The third kappa shape index (κ3) is 2.04. The van der Waals surface area contributed by atoms with Crippen molar-refractivity contribution in [2.24, 2.45) is 0 Å². The molecule has 2 aromatic heterocycles. The van der Waals surface area contributed by atoms with Crippen molar-refractivity contribution in [3.8, 4) is 0 Å². The number of hydrogen-bond donors (Lipinski definition) is 0. The molecule has 0 fully saturated rings. The number of allylic oxidation sites excluding steroid dienone is 1.